The molecule has 0 heterocycles. The summed E-state index contributed by atoms with van der Waals surface area (Å²) < 4.78 is 5.17. The third kappa shape index (κ3) is 4.70. The van der Waals surface area contributed by atoms with Crippen LogP contribution in [0, 0.1) is 5.41 Å². The lowest BCUT2D eigenvalue weighted by molar-refractivity contribution is -0.146. The molecule has 3 heteroatoms. The van der Waals surface area contributed by atoms with E-state index in [1.165, 1.54) is 0 Å². The maximum absolute atomic E-state index is 11.7. The predicted molar refractivity (Wildman–Crippen MR) is 73.0 cm³/mol. The summed E-state index contributed by atoms with van der Waals surface area (Å²) in [6, 6.07) is 9.89. The molecule has 0 saturated heterocycles. The smallest absolute Gasteiger partial charge is 0.352 e. The zero-order valence-corrected chi connectivity index (χ0v) is 11.5. The minimum atomic E-state index is -0.542. The Morgan fingerprint density at radius 1 is 1.28 bits per heavy atom. The third-order valence-corrected chi connectivity index (χ3v) is 2.52. The first-order valence-corrected chi connectivity index (χ1v) is 6.15. The molecule has 18 heavy (non-hydrogen) atoms. The molecule has 0 spiro atoms. The van der Waals surface area contributed by atoms with E-state index in [1.54, 1.807) is 20.8 Å². The molecule has 1 aromatic rings. The topological polar surface area (TPSA) is 50.2 Å². The summed E-state index contributed by atoms with van der Waals surface area (Å²) in [7, 11) is 0. The molecule has 0 saturated carbocycles. The van der Waals surface area contributed by atoms with E-state index in [-0.39, 0.29) is 11.6 Å². The standard InChI is InChI=1S/C15H21NO2/c1-11(12-8-6-5-7-9-12)10-13(16)14(17)18-15(2,3)4/h5-9,11,16H,10H2,1-4H3. The van der Waals surface area contributed by atoms with Gasteiger partial charge in [0.1, 0.15) is 11.3 Å². The SMILES string of the molecule is CC(CC(=N)C(=O)OC(C)(C)C)c1ccccc1. The van der Waals surface area contributed by atoms with Crippen molar-refractivity contribution in [3.05, 3.63) is 35.9 Å². The Kier molecular flexibility index (Phi) is 4.65. The van der Waals surface area contributed by atoms with Crippen LogP contribution in [0.25, 0.3) is 0 Å². The molecule has 1 atom stereocenters. The number of ether oxygens (including phenoxy) is 1. The van der Waals surface area contributed by atoms with Gasteiger partial charge in [0.05, 0.1) is 0 Å². The molecule has 3 nitrogen and oxygen atoms in total. The van der Waals surface area contributed by atoms with Crippen LogP contribution in [0.5, 0.6) is 0 Å². The van der Waals surface area contributed by atoms with Crippen molar-refractivity contribution in [3.63, 3.8) is 0 Å². The Morgan fingerprint density at radius 2 is 1.83 bits per heavy atom. The van der Waals surface area contributed by atoms with Crippen molar-refractivity contribution in [1.82, 2.24) is 0 Å². The fourth-order valence-corrected chi connectivity index (χ4v) is 1.63. The van der Waals surface area contributed by atoms with E-state index in [4.69, 9.17) is 10.1 Å². The van der Waals surface area contributed by atoms with Gasteiger partial charge in [-0.25, -0.2) is 4.79 Å². The van der Waals surface area contributed by atoms with Crippen LogP contribution in [0.1, 0.15) is 45.6 Å². The van der Waals surface area contributed by atoms with Gasteiger partial charge < -0.3 is 4.74 Å². The van der Waals surface area contributed by atoms with Crippen LogP contribution in [-0.2, 0) is 9.53 Å². The summed E-state index contributed by atoms with van der Waals surface area (Å²) in [5, 5.41) is 7.78. The molecule has 0 bridgehead atoms. The number of carbonyl (C=O) groups is 1. The Labute approximate surface area is 109 Å². The molecule has 0 aliphatic carbocycles. The largest absolute Gasteiger partial charge is 0.456 e. The van der Waals surface area contributed by atoms with Crippen LogP contribution in [-0.4, -0.2) is 17.3 Å². The van der Waals surface area contributed by atoms with Crippen molar-refractivity contribution < 1.29 is 9.53 Å². The van der Waals surface area contributed by atoms with E-state index < -0.39 is 11.6 Å². The number of benzene rings is 1. The Hall–Kier alpha value is -1.64. The highest BCUT2D eigenvalue weighted by Crippen LogP contribution is 2.19. The molecule has 0 aromatic heterocycles. The molecule has 98 valence electrons. The fourth-order valence-electron chi connectivity index (χ4n) is 1.63. The highest BCUT2D eigenvalue weighted by molar-refractivity contribution is 6.35. The minimum absolute atomic E-state index is 0.0290. The lowest BCUT2D eigenvalue weighted by Crippen LogP contribution is -2.29. The van der Waals surface area contributed by atoms with Gasteiger partial charge in [-0.05, 0) is 32.3 Å². The monoisotopic (exact) mass is 247 g/mol. The van der Waals surface area contributed by atoms with Crippen molar-refractivity contribution in [1.29, 1.82) is 5.41 Å². The van der Waals surface area contributed by atoms with Gasteiger partial charge in [-0.3, -0.25) is 5.41 Å². The average Bonchev–Trinajstić information content (AvgIpc) is 2.27. The van der Waals surface area contributed by atoms with Crippen LogP contribution in [0.4, 0.5) is 0 Å². The molecule has 0 fully saturated rings. The summed E-state index contributed by atoms with van der Waals surface area (Å²) in [6.45, 7) is 7.42. The quantitative estimate of drug-likeness (QED) is 0.653. The first kappa shape index (κ1) is 14.4. The van der Waals surface area contributed by atoms with Gasteiger partial charge in [0, 0.05) is 6.42 Å². The number of nitrogens with one attached hydrogen (secondary N) is 1. The molecular weight excluding hydrogens is 226 g/mol. The molecule has 0 radical (unpaired) electrons. The zero-order valence-electron chi connectivity index (χ0n) is 11.5. The Bertz CT molecular complexity index is 418. The summed E-state index contributed by atoms with van der Waals surface area (Å²) in [4.78, 5) is 11.7. The summed E-state index contributed by atoms with van der Waals surface area (Å²) in [5.74, 6) is -0.378. The second-order valence-electron chi connectivity index (χ2n) is 5.50. The van der Waals surface area contributed by atoms with Gasteiger partial charge in [-0.15, -0.1) is 0 Å². The number of rotatable bonds is 4. The predicted octanol–water partition coefficient (Wildman–Crippen LogP) is 3.54. The molecule has 1 unspecified atom stereocenters. The van der Waals surface area contributed by atoms with E-state index in [2.05, 4.69) is 0 Å². The van der Waals surface area contributed by atoms with Crippen molar-refractivity contribution >= 4 is 11.7 Å². The van der Waals surface area contributed by atoms with E-state index >= 15 is 0 Å². The molecule has 1 rings (SSSR count). The minimum Gasteiger partial charge on any atom is -0.456 e. The zero-order chi connectivity index (χ0) is 13.8. The lowest BCUT2D eigenvalue weighted by Gasteiger charge is -2.20. The highest BCUT2D eigenvalue weighted by Gasteiger charge is 2.21. The van der Waals surface area contributed by atoms with Crippen LogP contribution in [0.3, 0.4) is 0 Å². The second-order valence-corrected chi connectivity index (χ2v) is 5.50. The van der Waals surface area contributed by atoms with Crippen LogP contribution in [0.15, 0.2) is 30.3 Å². The maximum Gasteiger partial charge on any atom is 0.352 e. The molecule has 1 N–H and O–H groups in total. The lowest BCUT2D eigenvalue weighted by atomic mass is 9.95. The second kappa shape index (κ2) is 5.80. The van der Waals surface area contributed by atoms with Crippen molar-refractivity contribution in [2.75, 3.05) is 0 Å². The van der Waals surface area contributed by atoms with Crippen molar-refractivity contribution in [2.24, 2.45) is 0 Å². The van der Waals surface area contributed by atoms with E-state index in [1.807, 2.05) is 37.3 Å². The van der Waals surface area contributed by atoms with Crippen molar-refractivity contribution in [3.8, 4) is 0 Å². The molecule has 0 amide bonds. The first-order valence-electron chi connectivity index (χ1n) is 6.15. The molecule has 0 aliphatic rings. The number of esters is 1. The van der Waals surface area contributed by atoms with Gasteiger partial charge in [-0.1, -0.05) is 37.3 Å². The van der Waals surface area contributed by atoms with E-state index in [0.717, 1.165) is 5.56 Å². The highest BCUT2D eigenvalue weighted by atomic mass is 16.6. The normalized spacial score (nSPS) is 12.9. The molecule has 1 aromatic carbocycles. The van der Waals surface area contributed by atoms with Gasteiger partial charge in [0.2, 0.25) is 0 Å². The van der Waals surface area contributed by atoms with Crippen LogP contribution < -0.4 is 0 Å². The third-order valence-electron chi connectivity index (χ3n) is 2.52. The Morgan fingerprint density at radius 3 is 2.33 bits per heavy atom. The Balaban J connectivity index is 2.58. The summed E-state index contributed by atoms with van der Waals surface area (Å²) in [6.07, 6.45) is 0.402. The van der Waals surface area contributed by atoms with Gasteiger partial charge in [0.25, 0.3) is 0 Å². The first-order chi connectivity index (χ1) is 8.29. The summed E-state index contributed by atoms with van der Waals surface area (Å²) in [5.41, 5.74) is 0.617. The number of hydrogen-bond acceptors (Lipinski definition) is 3. The van der Waals surface area contributed by atoms with Crippen LogP contribution >= 0.6 is 0 Å². The van der Waals surface area contributed by atoms with E-state index in [0.29, 0.717) is 6.42 Å². The molecular formula is C15H21NO2. The van der Waals surface area contributed by atoms with E-state index in [9.17, 15) is 4.79 Å². The average molecular weight is 247 g/mol. The van der Waals surface area contributed by atoms with Gasteiger partial charge >= 0.3 is 5.97 Å². The van der Waals surface area contributed by atoms with Crippen LogP contribution in [0.2, 0.25) is 0 Å². The van der Waals surface area contributed by atoms with Gasteiger partial charge in [-0.2, -0.15) is 0 Å². The number of hydrogen-bond donors (Lipinski definition) is 1. The number of carbonyl (C=O) groups excluding carboxylic acids is 1. The van der Waals surface area contributed by atoms with Crippen molar-refractivity contribution in [2.45, 2.75) is 45.6 Å². The maximum atomic E-state index is 11.7. The molecule has 0 aliphatic heterocycles. The fraction of sp³-hybridized carbons (Fsp3) is 0.467. The summed E-state index contributed by atoms with van der Waals surface area (Å²) >= 11 is 0. The van der Waals surface area contributed by atoms with Gasteiger partial charge in [0.15, 0.2) is 0 Å².